The van der Waals surface area contributed by atoms with Crippen molar-refractivity contribution in [2.24, 2.45) is 0 Å². The van der Waals surface area contributed by atoms with Crippen molar-refractivity contribution in [2.75, 3.05) is 6.61 Å². The Morgan fingerprint density at radius 3 is 1.42 bits per heavy atom. The summed E-state index contributed by atoms with van der Waals surface area (Å²) in [6.45, 7) is 4.24. The van der Waals surface area contributed by atoms with Crippen molar-refractivity contribution in [2.45, 2.75) is 199 Å². The van der Waals surface area contributed by atoms with Gasteiger partial charge in [0.25, 0.3) is 0 Å². The quantitative estimate of drug-likeness (QED) is 0.0516. The number of carbonyl (C=O) groups is 1. The second-order valence-electron chi connectivity index (χ2n) is 12.6. The number of nitrogens with one attached hydrogen (secondary N) is 1. The zero-order valence-electron chi connectivity index (χ0n) is 28.7. The average Bonchev–Trinajstić information content (AvgIpc) is 3.01. The molecule has 0 bridgehead atoms. The topological polar surface area (TPSA) is 69.6 Å². The number of rotatable bonds is 33. The number of hydrogen-bond donors (Lipinski definition) is 3. The Morgan fingerprint density at radius 2 is 0.930 bits per heavy atom. The number of amides is 1. The van der Waals surface area contributed by atoms with Crippen LogP contribution in [0, 0.1) is 0 Å². The van der Waals surface area contributed by atoms with Crippen molar-refractivity contribution in [3.63, 3.8) is 0 Å². The summed E-state index contributed by atoms with van der Waals surface area (Å²) in [4.78, 5) is 12.2. The highest BCUT2D eigenvalue weighted by Crippen LogP contribution is 2.14. The first kappa shape index (κ1) is 41.6. The third kappa shape index (κ3) is 31.8. The standard InChI is InChI=1S/C39H73NO3/c1-3-5-7-9-11-13-15-16-17-18-19-20-21-22-23-24-25-26-28-30-32-34-38(42)37(36-41)40-39(43)35-33-31-29-27-14-12-10-8-6-4-2/h10,12,25-26,32,34,37-38,41-42H,3-9,11,13-24,27-31,33,35-36H2,1-2H3,(H,40,43)/b12-10-,26-25+,34-32+. The minimum absolute atomic E-state index is 0.0901. The molecule has 0 aromatic carbocycles. The molecule has 1 amide bonds. The molecule has 0 heterocycles. The van der Waals surface area contributed by atoms with Crippen LogP contribution in [0.15, 0.2) is 36.5 Å². The normalized spacial score (nSPS) is 13.5. The molecule has 4 heteroatoms. The van der Waals surface area contributed by atoms with E-state index in [1.54, 1.807) is 6.08 Å². The van der Waals surface area contributed by atoms with Crippen LogP contribution in [0.2, 0.25) is 0 Å². The Bertz CT molecular complexity index is 657. The average molecular weight is 604 g/mol. The zero-order valence-corrected chi connectivity index (χ0v) is 28.7. The molecular weight excluding hydrogens is 530 g/mol. The van der Waals surface area contributed by atoms with E-state index >= 15 is 0 Å². The fraction of sp³-hybridized carbons (Fsp3) is 0.821. The van der Waals surface area contributed by atoms with Gasteiger partial charge in [-0.25, -0.2) is 0 Å². The summed E-state index contributed by atoms with van der Waals surface area (Å²) in [5.74, 6) is -0.0901. The minimum Gasteiger partial charge on any atom is -0.394 e. The number of unbranched alkanes of at least 4 members (excludes halogenated alkanes) is 22. The molecule has 0 rings (SSSR count). The second kappa shape index (κ2) is 35.1. The maximum atomic E-state index is 12.2. The summed E-state index contributed by atoms with van der Waals surface area (Å²) >= 11 is 0. The molecule has 0 fully saturated rings. The molecule has 0 spiro atoms. The van der Waals surface area contributed by atoms with Crippen LogP contribution in [0.5, 0.6) is 0 Å². The lowest BCUT2D eigenvalue weighted by Crippen LogP contribution is -2.45. The van der Waals surface area contributed by atoms with Crippen LogP contribution < -0.4 is 5.32 Å². The van der Waals surface area contributed by atoms with Crippen molar-refractivity contribution in [3.8, 4) is 0 Å². The first-order chi connectivity index (χ1) is 21.2. The molecule has 0 aromatic heterocycles. The van der Waals surface area contributed by atoms with Gasteiger partial charge < -0.3 is 15.5 Å². The van der Waals surface area contributed by atoms with E-state index in [1.807, 2.05) is 6.08 Å². The zero-order chi connectivity index (χ0) is 31.5. The van der Waals surface area contributed by atoms with E-state index in [2.05, 4.69) is 43.5 Å². The molecule has 3 N–H and O–H groups in total. The number of allylic oxidation sites excluding steroid dienone is 5. The van der Waals surface area contributed by atoms with Crippen molar-refractivity contribution >= 4 is 5.91 Å². The lowest BCUT2D eigenvalue weighted by Gasteiger charge is -2.19. The van der Waals surface area contributed by atoms with E-state index in [1.165, 1.54) is 122 Å². The maximum absolute atomic E-state index is 12.2. The minimum atomic E-state index is -0.863. The smallest absolute Gasteiger partial charge is 0.220 e. The predicted octanol–water partition coefficient (Wildman–Crippen LogP) is 11.1. The number of carbonyl (C=O) groups excluding carboxylic acids is 1. The van der Waals surface area contributed by atoms with Crippen LogP contribution >= 0.6 is 0 Å². The van der Waals surface area contributed by atoms with E-state index < -0.39 is 12.1 Å². The molecule has 252 valence electrons. The third-order valence-corrected chi connectivity index (χ3v) is 8.35. The number of hydrogen-bond acceptors (Lipinski definition) is 3. The van der Waals surface area contributed by atoms with Gasteiger partial charge >= 0.3 is 0 Å². The summed E-state index contributed by atoms with van der Waals surface area (Å²) in [6.07, 6.45) is 45.3. The van der Waals surface area contributed by atoms with Gasteiger partial charge in [-0.15, -0.1) is 0 Å². The number of aliphatic hydroxyl groups excluding tert-OH is 2. The van der Waals surface area contributed by atoms with E-state index in [9.17, 15) is 15.0 Å². The highest BCUT2D eigenvalue weighted by atomic mass is 16.3. The van der Waals surface area contributed by atoms with Crippen molar-refractivity contribution in [3.05, 3.63) is 36.5 Å². The number of aliphatic hydroxyl groups is 2. The third-order valence-electron chi connectivity index (χ3n) is 8.35. The van der Waals surface area contributed by atoms with Crippen LogP contribution in [0.25, 0.3) is 0 Å². The molecular formula is C39H73NO3. The summed E-state index contributed by atoms with van der Waals surface area (Å²) in [7, 11) is 0. The van der Waals surface area contributed by atoms with Gasteiger partial charge in [-0.05, 0) is 51.4 Å². The molecule has 0 aliphatic carbocycles. The molecule has 43 heavy (non-hydrogen) atoms. The molecule has 2 unspecified atom stereocenters. The molecule has 0 aromatic rings. The fourth-order valence-electron chi connectivity index (χ4n) is 5.41. The summed E-state index contributed by atoms with van der Waals surface area (Å²) < 4.78 is 0. The van der Waals surface area contributed by atoms with Gasteiger partial charge in [0, 0.05) is 6.42 Å². The van der Waals surface area contributed by atoms with Gasteiger partial charge in [0.2, 0.25) is 5.91 Å². The van der Waals surface area contributed by atoms with Crippen LogP contribution in [0.1, 0.15) is 187 Å². The molecule has 0 aliphatic rings. The summed E-state index contributed by atoms with van der Waals surface area (Å²) in [5, 5.41) is 22.8. The Kier molecular flexibility index (Phi) is 34.0. The highest BCUT2D eigenvalue weighted by Gasteiger charge is 2.17. The first-order valence-corrected chi connectivity index (χ1v) is 18.7. The van der Waals surface area contributed by atoms with Crippen molar-refractivity contribution in [1.29, 1.82) is 0 Å². The lowest BCUT2D eigenvalue weighted by atomic mass is 10.0. The van der Waals surface area contributed by atoms with Crippen LogP contribution in [-0.4, -0.2) is 34.9 Å². The Balaban J connectivity index is 3.63. The predicted molar refractivity (Wildman–Crippen MR) is 188 cm³/mol. The van der Waals surface area contributed by atoms with Gasteiger partial charge in [0.15, 0.2) is 0 Å². The SMILES string of the molecule is CCCC/C=C\CCCCCCC(=O)NC(CO)C(O)/C=C/CC/C=C/CCCCCCCCCCCCCCCCC. The molecule has 0 saturated heterocycles. The van der Waals surface area contributed by atoms with Crippen LogP contribution in [0.3, 0.4) is 0 Å². The summed E-state index contributed by atoms with van der Waals surface area (Å²) in [6, 6.07) is -0.641. The Morgan fingerprint density at radius 1 is 0.535 bits per heavy atom. The van der Waals surface area contributed by atoms with Crippen LogP contribution in [-0.2, 0) is 4.79 Å². The molecule has 0 saturated carbocycles. The van der Waals surface area contributed by atoms with Crippen molar-refractivity contribution < 1.29 is 15.0 Å². The summed E-state index contributed by atoms with van der Waals surface area (Å²) in [5.41, 5.74) is 0. The van der Waals surface area contributed by atoms with Gasteiger partial charge in [-0.3, -0.25) is 4.79 Å². The Labute approximate surface area is 268 Å². The van der Waals surface area contributed by atoms with Gasteiger partial charge in [0.05, 0.1) is 18.8 Å². The fourth-order valence-corrected chi connectivity index (χ4v) is 5.41. The van der Waals surface area contributed by atoms with Gasteiger partial charge in [-0.1, -0.05) is 166 Å². The second-order valence-corrected chi connectivity index (χ2v) is 12.6. The monoisotopic (exact) mass is 604 g/mol. The van der Waals surface area contributed by atoms with E-state index in [0.29, 0.717) is 6.42 Å². The highest BCUT2D eigenvalue weighted by molar-refractivity contribution is 5.76. The molecule has 2 atom stereocenters. The van der Waals surface area contributed by atoms with Gasteiger partial charge in [0.1, 0.15) is 0 Å². The molecule has 0 aliphatic heterocycles. The largest absolute Gasteiger partial charge is 0.394 e. The van der Waals surface area contributed by atoms with Crippen LogP contribution in [0.4, 0.5) is 0 Å². The van der Waals surface area contributed by atoms with Crippen molar-refractivity contribution in [1.82, 2.24) is 5.32 Å². The Hall–Kier alpha value is -1.39. The van der Waals surface area contributed by atoms with Gasteiger partial charge in [-0.2, -0.15) is 0 Å². The first-order valence-electron chi connectivity index (χ1n) is 18.7. The molecule has 0 radical (unpaired) electrons. The lowest BCUT2D eigenvalue weighted by molar-refractivity contribution is -0.123. The van der Waals surface area contributed by atoms with E-state index in [4.69, 9.17) is 0 Å². The van der Waals surface area contributed by atoms with E-state index in [-0.39, 0.29) is 12.5 Å². The van der Waals surface area contributed by atoms with E-state index in [0.717, 1.165) is 44.9 Å². The maximum Gasteiger partial charge on any atom is 0.220 e. The molecule has 4 nitrogen and oxygen atoms in total.